The summed E-state index contributed by atoms with van der Waals surface area (Å²) in [5.41, 5.74) is 0.993. The first-order valence-corrected chi connectivity index (χ1v) is 9.54. The van der Waals surface area contributed by atoms with Crippen molar-refractivity contribution in [3.05, 3.63) is 29.8 Å². The van der Waals surface area contributed by atoms with E-state index in [1.165, 1.54) is 35.9 Å². The minimum atomic E-state index is 0.0535. The van der Waals surface area contributed by atoms with Crippen LogP contribution in [-0.4, -0.2) is 47.0 Å². The topological polar surface area (TPSA) is 67.3 Å². The van der Waals surface area contributed by atoms with Gasteiger partial charge >= 0.3 is 0 Å². The summed E-state index contributed by atoms with van der Waals surface area (Å²) in [6, 6.07) is 8.29. The van der Waals surface area contributed by atoms with Crippen LogP contribution in [0.5, 0.6) is 5.75 Å². The highest BCUT2D eigenvalue weighted by atomic mass is 32.2. The van der Waals surface area contributed by atoms with Crippen LogP contribution in [0.3, 0.4) is 0 Å². The Balaban J connectivity index is 1.49. The number of thioether (sulfide) groups is 1. The van der Waals surface area contributed by atoms with E-state index >= 15 is 0 Å². The normalized spacial score (nSPS) is 13.6. The zero-order chi connectivity index (χ0) is 16.9. The number of carbonyl (C=O) groups excluding carboxylic acids is 1. The Bertz CT molecular complexity index is 703. The summed E-state index contributed by atoms with van der Waals surface area (Å²) in [5, 5.41) is 12.4. The number of ether oxygens (including phenoxy) is 1. The molecule has 1 aliphatic rings. The Kier molecular flexibility index (Phi) is 5.57. The van der Waals surface area contributed by atoms with E-state index in [2.05, 4.69) is 15.5 Å². The molecule has 128 valence electrons. The molecule has 0 radical (unpaired) electrons. The summed E-state index contributed by atoms with van der Waals surface area (Å²) in [6.07, 6.45) is 2.41. The standard InChI is InChI=1S/C16H20N4O2S2/c1-20(9-11-5-3-4-6-13(11)22-2)14(21)10-23-16-19-18-15(24-16)17-12-7-8-12/h3-6,12H,7-10H2,1-2H3,(H,17,18). The van der Waals surface area contributed by atoms with E-state index in [0.29, 0.717) is 18.3 Å². The predicted octanol–water partition coefficient (Wildman–Crippen LogP) is 2.87. The number of hydrogen-bond donors (Lipinski definition) is 1. The molecule has 0 atom stereocenters. The second-order valence-electron chi connectivity index (χ2n) is 5.64. The lowest BCUT2D eigenvalue weighted by atomic mass is 10.2. The van der Waals surface area contributed by atoms with Gasteiger partial charge in [0.2, 0.25) is 11.0 Å². The van der Waals surface area contributed by atoms with Crippen molar-refractivity contribution >= 4 is 34.1 Å². The van der Waals surface area contributed by atoms with Gasteiger partial charge in [-0.05, 0) is 18.9 Å². The van der Waals surface area contributed by atoms with Gasteiger partial charge in [-0.3, -0.25) is 4.79 Å². The number of amides is 1. The van der Waals surface area contributed by atoms with Crippen LogP contribution in [-0.2, 0) is 11.3 Å². The molecule has 0 spiro atoms. The van der Waals surface area contributed by atoms with Gasteiger partial charge in [0.05, 0.1) is 12.9 Å². The molecule has 8 heteroatoms. The number of methoxy groups -OCH3 is 1. The number of rotatable bonds is 8. The Hall–Kier alpha value is -1.80. The summed E-state index contributed by atoms with van der Waals surface area (Å²) in [4.78, 5) is 14.0. The van der Waals surface area contributed by atoms with Gasteiger partial charge < -0.3 is 15.0 Å². The summed E-state index contributed by atoms with van der Waals surface area (Å²) >= 11 is 2.93. The molecule has 1 aromatic heterocycles. The van der Waals surface area contributed by atoms with Gasteiger partial charge in [-0.15, -0.1) is 10.2 Å². The van der Waals surface area contributed by atoms with Gasteiger partial charge in [0.15, 0.2) is 4.34 Å². The summed E-state index contributed by atoms with van der Waals surface area (Å²) in [5.74, 6) is 1.20. The van der Waals surface area contributed by atoms with Gasteiger partial charge in [-0.25, -0.2) is 0 Å². The molecule has 1 amide bonds. The molecular weight excluding hydrogens is 344 g/mol. The van der Waals surface area contributed by atoms with E-state index in [9.17, 15) is 4.79 Å². The van der Waals surface area contributed by atoms with Crippen LogP contribution in [0.15, 0.2) is 28.6 Å². The number of anilines is 1. The lowest BCUT2D eigenvalue weighted by Crippen LogP contribution is -2.27. The van der Waals surface area contributed by atoms with Crippen molar-refractivity contribution in [2.45, 2.75) is 29.8 Å². The minimum Gasteiger partial charge on any atom is -0.496 e. The average molecular weight is 364 g/mol. The maximum Gasteiger partial charge on any atom is 0.233 e. The Morgan fingerprint density at radius 2 is 2.21 bits per heavy atom. The molecule has 1 saturated carbocycles. The molecule has 1 heterocycles. The fourth-order valence-corrected chi connectivity index (χ4v) is 3.91. The van der Waals surface area contributed by atoms with Crippen LogP contribution in [0, 0.1) is 0 Å². The molecule has 2 aromatic rings. The lowest BCUT2D eigenvalue weighted by Gasteiger charge is -2.18. The molecule has 0 saturated heterocycles. The first-order valence-electron chi connectivity index (χ1n) is 7.74. The van der Waals surface area contributed by atoms with Crippen molar-refractivity contribution < 1.29 is 9.53 Å². The number of para-hydroxylation sites is 1. The number of aromatic nitrogens is 2. The van der Waals surface area contributed by atoms with Crippen molar-refractivity contribution in [2.75, 3.05) is 25.2 Å². The molecule has 6 nitrogen and oxygen atoms in total. The fourth-order valence-electron chi connectivity index (χ4n) is 2.14. The fraction of sp³-hybridized carbons (Fsp3) is 0.438. The van der Waals surface area contributed by atoms with Crippen molar-refractivity contribution in [1.29, 1.82) is 0 Å². The molecule has 1 aliphatic carbocycles. The molecule has 1 fully saturated rings. The van der Waals surface area contributed by atoms with Gasteiger partial charge in [0, 0.05) is 25.2 Å². The quantitative estimate of drug-likeness (QED) is 0.727. The maximum atomic E-state index is 12.3. The van der Waals surface area contributed by atoms with Gasteiger partial charge in [0.25, 0.3) is 0 Å². The Morgan fingerprint density at radius 1 is 1.42 bits per heavy atom. The molecule has 3 rings (SSSR count). The van der Waals surface area contributed by atoms with E-state index in [1.54, 1.807) is 19.1 Å². The SMILES string of the molecule is COc1ccccc1CN(C)C(=O)CSc1nnc(NC2CC2)s1. The summed E-state index contributed by atoms with van der Waals surface area (Å²) < 4.78 is 6.14. The van der Waals surface area contributed by atoms with E-state index in [4.69, 9.17) is 4.74 Å². The van der Waals surface area contributed by atoms with Crippen LogP contribution in [0.25, 0.3) is 0 Å². The number of carbonyl (C=O) groups is 1. The van der Waals surface area contributed by atoms with Crippen LogP contribution >= 0.6 is 23.1 Å². The van der Waals surface area contributed by atoms with Gasteiger partial charge in [0.1, 0.15) is 5.75 Å². The highest BCUT2D eigenvalue weighted by Crippen LogP contribution is 2.30. The molecular formula is C16H20N4O2S2. The minimum absolute atomic E-state index is 0.0535. The summed E-state index contributed by atoms with van der Waals surface area (Å²) in [6.45, 7) is 0.522. The first kappa shape index (κ1) is 17.0. The molecule has 24 heavy (non-hydrogen) atoms. The zero-order valence-corrected chi connectivity index (χ0v) is 15.3. The summed E-state index contributed by atoms with van der Waals surface area (Å²) in [7, 11) is 3.44. The van der Waals surface area contributed by atoms with Crippen LogP contribution in [0.2, 0.25) is 0 Å². The highest BCUT2D eigenvalue weighted by molar-refractivity contribution is 8.01. The lowest BCUT2D eigenvalue weighted by molar-refractivity contribution is -0.127. The molecule has 1 aromatic carbocycles. The molecule has 0 aliphatic heterocycles. The number of nitrogens with zero attached hydrogens (tertiary/aromatic N) is 3. The smallest absolute Gasteiger partial charge is 0.233 e. The monoisotopic (exact) mass is 364 g/mol. The van der Waals surface area contributed by atoms with Crippen molar-refractivity contribution in [1.82, 2.24) is 15.1 Å². The van der Waals surface area contributed by atoms with Crippen LogP contribution in [0.1, 0.15) is 18.4 Å². The Morgan fingerprint density at radius 3 is 2.96 bits per heavy atom. The van der Waals surface area contributed by atoms with E-state index in [0.717, 1.165) is 20.8 Å². The first-order chi connectivity index (χ1) is 11.7. The van der Waals surface area contributed by atoms with E-state index in [-0.39, 0.29) is 5.91 Å². The van der Waals surface area contributed by atoms with Gasteiger partial charge in [-0.2, -0.15) is 0 Å². The number of benzene rings is 1. The van der Waals surface area contributed by atoms with Crippen molar-refractivity contribution in [3.8, 4) is 5.75 Å². The van der Waals surface area contributed by atoms with Crippen molar-refractivity contribution in [2.24, 2.45) is 0 Å². The second kappa shape index (κ2) is 7.85. The van der Waals surface area contributed by atoms with E-state index in [1.807, 2.05) is 24.3 Å². The zero-order valence-electron chi connectivity index (χ0n) is 13.7. The maximum absolute atomic E-state index is 12.3. The number of nitrogens with one attached hydrogen (secondary N) is 1. The largest absolute Gasteiger partial charge is 0.496 e. The molecule has 0 bridgehead atoms. The average Bonchev–Trinajstić information content (AvgIpc) is 3.29. The molecule has 0 unspecified atom stereocenters. The van der Waals surface area contributed by atoms with Crippen LogP contribution in [0.4, 0.5) is 5.13 Å². The third-order valence-corrected chi connectivity index (χ3v) is 5.63. The van der Waals surface area contributed by atoms with Crippen molar-refractivity contribution in [3.63, 3.8) is 0 Å². The molecule has 1 N–H and O–H groups in total. The van der Waals surface area contributed by atoms with E-state index < -0.39 is 0 Å². The third-order valence-electron chi connectivity index (χ3n) is 3.66. The Labute approximate surface area is 149 Å². The number of hydrogen-bond acceptors (Lipinski definition) is 7. The van der Waals surface area contributed by atoms with Crippen LogP contribution < -0.4 is 10.1 Å². The van der Waals surface area contributed by atoms with Gasteiger partial charge in [-0.1, -0.05) is 41.3 Å². The second-order valence-corrected chi connectivity index (χ2v) is 7.84. The predicted molar refractivity (Wildman–Crippen MR) is 96.7 cm³/mol. The highest BCUT2D eigenvalue weighted by Gasteiger charge is 2.22. The third kappa shape index (κ3) is 4.61.